The number of hydrogen-bond donors (Lipinski definition) is 0. The van der Waals surface area contributed by atoms with Crippen molar-refractivity contribution in [3.63, 3.8) is 0 Å². The van der Waals surface area contributed by atoms with E-state index in [1.54, 1.807) is 12.5 Å². The zero-order valence-corrected chi connectivity index (χ0v) is 8.19. The molecule has 1 heterocycles. The number of aromatic nitrogens is 2. The lowest BCUT2D eigenvalue weighted by atomic mass is 10.0. The van der Waals surface area contributed by atoms with Crippen LogP contribution in [0, 0.1) is 5.92 Å². The third-order valence-corrected chi connectivity index (χ3v) is 1.97. The van der Waals surface area contributed by atoms with Gasteiger partial charge in [0.25, 0.3) is 0 Å². The van der Waals surface area contributed by atoms with Crippen molar-refractivity contribution in [2.45, 2.75) is 13.8 Å². The number of allylic oxidation sites excluding steroid dienone is 1. The minimum atomic E-state index is 0.257. The summed E-state index contributed by atoms with van der Waals surface area (Å²) in [7, 11) is 1.90. The van der Waals surface area contributed by atoms with Crippen molar-refractivity contribution >= 4 is 12.4 Å². The first kappa shape index (κ1) is 9.71. The Labute approximate surface area is 78.1 Å². The summed E-state index contributed by atoms with van der Waals surface area (Å²) < 4.78 is 1.88. The number of rotatable bonds is 3. The molecule has 3 nitrogen and oxygen atoms in total. The zero-order valence-electron chi connectivity index (χ0n) is 8.19. The Kier molecular flexibility index (Phi) is 3.01. The number of hydrogen-bond acceptors (Lipinski definition) is 2. The molecule has 3 heteroatoms. The molecular formula is C10H14N2O. The van der Waals surface area contributed by atoms with Gasteiger partial charge in [-0.3, -0.25) is 4.79 Å². The van der Waals surface area contributed by atoms with Crippen LogP contribution in [0.5, 0.6) is 0 Å². The Morgan fingerprint density at radius 1 is 1.62 bits per heavy atom. The molecule has 70 valence electrons. The average Bonchev–Trinajstić information content (AvgIpc) is 2.46. The van der Waals surface area contributed by atoms with Gasteiger partial charge in [0.2, 0.25) is 0 Å². The van der Waals surface area contributed by atoms with E-state index in [9.17, 15) is 4.79 Å². The van der Waals surface area contributed by atoms with Crippen LogP contribution in [0.1, 0.15) is 19.5 Å². The van der Waals surface area contributed by atoms with E-state index in [4.69, 9.17) is 0 Å². The summed E-state index contributed by atoms with van der Waals surface area (Å²) in [5.74, 6) is 0.257. The van der Waals surface area contributed by atoms with Crippen LogP contribution in [0.25, 0.3) is 6.08 Å². The highest BCUT2D eigenvalue weighted by Crippen LogP contribution is 2.11. The van der Waals surface area contributed by atoms with Gasteiger partial charge >= 0.3 is 0 Å². The van der Waals surface area contributed by atoms with Crippen LogP contribution in [0.3, 0.4) is 0 Å². The summed E-state index contributed by atoms with van der Waals surface area (Å²) in [4.78, 5) is 14.7. The third-order valence-electron chi connectivity index (χ3n) is 1.97. The summed E-state index contributed by atoms with van der Waals surface area (Å²) in [6.07, 6.45) is 6.22. The molecule has 13 heavy (non-hydrogen) atoms. The van der Waals surface area contributed by atoms with Crippen LogP contribution in [0.2, 0.25) is 0 Å². The van der Waals surface area contributed by atoms with Gasteiger partial charge < -0.3 is 4.57 Å². The van der Waals surface area contributed by atoms with Crippen molar-refractivity contribution < 1.29 is 4.79 Å². The molecule has 0 aliphatic rings. The Hall–Kier alpha value is -1.38. The second-order valence-electron chi connectivity index (χ2n) is 3.35. The molecule has 0 spiro atoms. The molecule has 0 bridgehead atoms. The summed E-state index contributed by atoms with van der Waals surface area (Å²) in [6, 6.07) is 0. The van der Waals surface area contributed by atoms with Gasteiger partial charge in [-0.2, -0.15) is 0 Å². The van der Waals surface area contributed by atoms with E-state index in [2.05, 4.69) is 4.98 Å². The minimum Gasteiger partial charge on any atom is -0.334 e. The third kappa shape index (κ3) is 2.28. The predicted molar refractivity (Wildman–Crippen MR) is 52.1 cm³/mol. The van der Waals surface area contributed by atoms with Gasteiger partial charge in [0.1, 0.15) is 6.29 Å². The van der Waals surface area contributed by atoms with Crippen molar-refractivity contribution in [1.29, 1.82) is 0 Å². The van der Waals surface area contributed by atoms with Gasteiger partial charge in [0.05, 0.1) is 18.2 Å². The number of carbonyl (C=O) groups excluding carboxylic acids is 1. The molecule has 0 aromatic carbocycles. The molecule has 1 aromatic rings. The lowest BCUT2D eigenvalue weighted by Gasteiger charge is -2.03. The quantitative estimate of drug-likeness (QED) is 0.521. The number of aryl methyl sites for hydroxylation is 1. The largest absolute Gasteiger partial charge is 0.334 e. The van der Waals surface area contributed by atoms with Crippen molar-refractivity contribution in [3.8, 4) is 0 Å². The zero-order chi connectivity index (χ0) is 9.84. The number of carbonyl (C=O) groups is 1. The normalized spacial score (nSPS) is 12.2. The SMILES string of the molecule is CC(C)/C(C=O)=C/c1cncn1C. The first-order chi connectivity index (χ1) is 6.15. The second kappa shape index (κ2) is 4.03. The smallest absolute Gasteiger partial charge is 0.146 e. The molecule has 0 radical (unpaired) electrons. The van der Waals surface area contributed by atoms with Gasteiger partial charge in [-0.1, -0.05) is 13.8 Å². The molecule has 0 saturated heterocycles. The summed E-state index contributed by atoms with van der Waals surface area (Å²) in [5.41, 5.74) is 1.75. The number of nitrogens with zero attached hydrogens (tertiary/aromatic N) is 2. The first-order valence-electron chi connectivity index (χ1n) is 4.28. The summed E-state index contributed by atoms with van der Waals surface area (Å²) in [5, 5.41) is 0. The Bertz CT molecular complexity index is 323. The molecular weight excluding hydrogens is 164 g/mol. The molecule has 1 aromatic heterocycles. The molecule has 0 amide bonds. The maximum absolute atomic E-state index is 10.7. The predicted octanol–water partition coefficient (Wildman–Crippen LogP) is 1.66. The monoisotopic (exact) mass is 178 g/mol. The van der Waals surface area contributed by atoms with E-state index in [-0.39, 0.29) is 5.92 Å². The molecule has 1 rings (SSSR count). The molecule has 0 aliphatic heterocycles. The summed E-state index contributed by atoms with van der Waals surface area (Å²) >= 11 is 0. The van der Waals surface area contributed by atoms with Crippen molar-refractivity contribution in [2.24, 2.45) is 13.0 Å². The average molecular weight is 178 g/mol. The van der Waals surface area contributed by atoms with Gasteiger partial charge in [0, 0.05) is 7.05 Å². The fraction of sp³-hybridized carbons (Fsp3) is 0.400. The second-order valence-corrected chi connectivity index (χ2v) is 3.35. The standard InChI is InChI=1S/C10H14N2O/c1-8(2)9(6-13)4-10-5-11-7-12(10)3/h4-8H,1-3H3/b9-4+. The Morgan fingerprint density at radius 2 is 2.31 bits per heavy atom. The van der Waals surface area contributed by atoms with Crippen molar-refractivity contribution in [3.05, 3.63) is 23.8 Å². The summed E-state index contributed by atoms with van der Waals surface area (Å²) in [6.45, 7) is 3.99. The first-order valence-corrected chi connectivity index (χ1v) is 4.28. The van der Waals surface area contributed by atoms with Gasteiger partial charge in [-0.05, 0) is 17.6 Å². The lowest BCUT2D eigenvalue weighted by molar-refractivity contribution is -0.105. The topological polar surface area (TPSA) is 34.9 Å². The highest BCUT2D eigenvalue weighted by atomic mass is 16.1. The Balaban J connectivity index is 2.98. The lowest BCUT2D eigenvalue weighted by Crippen LogP contribution is -1.97. The van der Waals surface area contributed by atoms with E-state index in [0.717, 1.165) is 17.6 Å². The highest BCUT2D eigenvalue weighted by Gasteiger charge is 2.02. The highest BCUT2D eigenvalue weighted by molar-refractivity contribution is 5.81. The van der Waals surface area contributed by atoms with E-state index in [1.807, 2.05) is 31.5 Å². The number of imidazole rings is 1. The van der Waals surface area contributed by atoms with Crippen LogP contribution in [-0.2, 0) is 11.8 Å². The van der Waals surface area contributed by atoms with E-state index < -0.39 is 0 Å². The Morgan fingerprint density at radius 3 is 2.69 bits per heavy atom. The minimum absolute atomic E-state index is 0.257. The van der Waals surface area contributed by atoms with Crippen LogP contribution in [-0.4, -0.2) is 15.8 Å². The van der Waals surface area contributed by atoms with Crippen LogP contribution >= 0.6 is 0 Å². The van der Waals surface area contributed by atoms with E-state index in [1.165, 1.54) is 0 Å². The van der Waals surface area contributed by atoms with Gasteiger partial charge in [-0.15, -0.1) is 0 Å². The van der Waals surface area contributed by atoms with E-state index >= 15 is 0 Å². The van der Waals surface area contributed by atoms with Crippen LogP contribution in [0.4, 0.5) is 0 Å². The number of aldehydes is 1. The van der Waals surface area contributed by atoms with Crippen molar-refractivity contribution in [1.82, 2.24) is 9.55 Å². The maximum atomic E-state index is 10.7. The van der Waals surface area contributed by atoms with Crippen LogP contribution in [0.15, 0.2) is 18.1 Å². The fourth-order valence-corrected chi connectivity index (χ4v) is 1.01. The molecule has 0 saturated carbocycles. The van der Waals surface area contributed by atoms with E-state index in [0.29, 0.717) is 0 Å². The van der Waals surface area contributed by atoms with Crippen LogP contribution < -0.4 is 0 Å². The maximum Gasteiger partial charge on any atom is 0.146 e. The molecule has 0 atom stereocenters. The van der Waals surface area contributed by atoms with Gasteiger partial charge in [-0.25, -0.2) is 4.98 Å². The van der Waals surface area contributed by atoms with Crippen molar-refractivity contribution in [2.75, 3.05) is 0 Å². The molecule has 0 fully saturated rings. The molecule has 0 N–H and O–H groups in total. The fourth-order valence-electron chi connectivity index (χ4n) is 1.01. The van der Waals surface area contributed by atoms with Gasteiger partial charge in [0.15, 0.2) is 0 Å². The molecule has 0 unspecified atom stereocenters. The molecule has 0 aliphatic carbocycles.